The number of likely N-dealkylation sites (tertiary alicyclic amines) is 1. The van der Waals surface area contributed by atoms with Crippen LogP contribution in [0.1, 0.15) is 49.3 Å². The number of carbonyl (C=O) groups excluding carboxylic acids is 1. The highest BCUT2D eigenvalue weighted by Crippen LogP contribution is 2.34. The number of piperidine rings is 1. The Bertz CT molecular complexity index is 938. The van der Waals surface area contributed by atoms with Crippen LogP contribution in [0.15, 0.2) is 54.6 Å². The predicted octanol–water partition coefficient (Wildman–Crippen LogP) is 5.64. The number of hydrogen-bond acceptors (Lipinski definition) is 5. The summed E-state index contributed by atoms with van der Waals surface area (Å²) in [5, 5.41) is 0. The fourth-order valence-corrected chi connectivity index (χ4v) is 4.43. The summed E-state index contributed by atoms with van der Waals surface area (Å²) in [6.45, 7) is 9.73. The summed E-state index contributed by atoms with van der Waals surface area (Å²) in [5.74, 6) is 0. The topological polar surface area (TPSA) is 61.6 Å². The first-order valence-corrected chi connectivity index (χ1v) is 12.0. The van der Waals surface area contributed by atoms with Gasteiger partial charge in [-0.05, 0) is 43.2 Å². The first-order valence-electron chi connectivity index (χ1n) is 12.0. The van der Waals surface area contributed by atoms with Gasteiger partial charge in [-0.15, -0.1) is 0 Å². The number of rotatable bonds is 8. The average molecular weight is 465 g/mol. The van der Waals surface area contributed by atoms with Crippen LogP contribution in [0, 0.1) is 6.57 Å². The Morgan fingerprint density at radius 2 is 1.82 bits per heavy atom. The second kappa shape index (κ2) is 12.5. The van der Waals surface area contributed by atoms with Crippen molar-refractivity contribution in [3.05, 3.63) is 77.1 Å². The van der Waals surface area contributed by atoms with Crippen LogP contribution < -0.4 is 0 Å². The molecule has 180 valence electrons. The van der Waals surface area contributed by atoms with E-state index in [4.69, 9.17) is 25.5 Å². The molecule has 0 aliphatic carbocycles. The smallest absolute Gasteiger partial charge is 0.410 e. The van der Waals surface area contributed by atoms with Crippen LogP contribution in [0.3, 0.4) is 0 Å². The molecule has 0 radical (unpaired) electrons. The number of carbonyl (C=O) groups is 1. The van der Waals surface area contributed by atoms with Gasteiger partial charge in [-0.25, -0.2) is 9.64 Å². The highest BCUT2D eigenvalue weighted by atomic mass is 16.7. The molecule has 7 nitrogen and oxygen atoms in total. The van der Waals surface area contributed by atoms with E-state index in [1.54, 1.807) is 17.0 Å². The van der Waals surface area contributed by atoms with E-state index in [1.807, 2.05) is 42.5 Å². The summed E-state index contributed by atoms with van der Waals surface area (Å²) < 4.78 is 23.1. The van der Waals surface area contributed by atoms with Gasteiger partial charge in [0.1, 0.15) is 6.61 Å². The summed E-state index contributed by atoms with van der Waals surface area (Å²) in [6, 6.07) is 16.9. The molecule has 2 aliphatic heterocycles. The van der Waals surface area contributed by atoms with Gasteiger partial charge in [-0.3, -0.25) is 0 Å². The summed E-state index contributed by atoms with van der Waals surface area (Å²) in [4.78, 5) is 18.3. The molecule has 1 amide bonds. The molecule has 4 rings (SSSR count). The van der Waals surface area contributed by atoms with Crippen molar-refractivity contribution in [3.63, 3.8) is 0 Å². The van der Waals surface area contributed by atoms with Crippen LogP contribution in [0.5, 0.6) is 0 Å². The van der Waals surface area contributed by atoms with Crippen molar-refractivity contribution in [2.75, 3.05) is 26.4 Å². The van der Waals surface area contributed by atoms with E-state index < -0.39 is 0 Å². The van der Waals surface area contributed by atoms with Crippen molar-refractivity contribution < 1.29 is 23.7 Å². The molecule has 7 heteroatoms. The third-order valence-electron chi connectivity index (χ3n) is 6.28. The molecule has 2 aromatic rings. The molecule has 2 fully saturated rings. The first kappa shape index (κ1) is 24.2. The second-order valence-electron chi connectivity index (χ2n) is 8.64. The van der Waals surface area contributed by atoms with Crippen LogP contribution in [0.25, 0.3) is 4.85 Å². The molecule has 2 saturated heterocycles. The van der Waals surface area contributed by atoms with Crippen LogP contribution in [-0.4, -0.2) is 49.8 Å². The molecule has 0 N–H and O–H groups in total. The summed E-state index contributed by atoms with van der Waals surface area (Å²) in [7, 11) is 0. The zero-order chi connectivity index (χ0) is 23.6. The predicted molar refractivity (Wildman–Crippen MR) is 127 cm³/mol. The van der Waals surface area contributed by atoms with Gasteiger partial charge in [0.15, 0.2) is 12.0 Å². The van der Waals surface area contributed by atoms with Crippen LogP contribution in [0.2, 0.25) is 0 Å². The quantitative estimate of drug-likeness (QED) is 0.374. The van der Waals surface area contributed by atoms with Gasteiger partial charge in [-0.1, -0.05) is 54.6 Å². The maximum Gasteiger partial charge on any atom is 0.410 e. The van der Waals surface area contributed by atoms with Crippen LogP contribution >= 0.6 is 0 Å². The normalized spacial score (nSPS) is 22.7. The van der Waals surface area contributed by atoms with Crippen molar-refractivity contribution in [2.24, 2.45) is 0 Å². The van der Waals surface area contributed by atoms with E-state index in [-0.39, 0.29) is 31.1 Å². The number of benzene rings is 2. The summed E-state index contributed by atoms with van der Waals surface area (Å²) in [5.41, 5.74) is 2.51. The summed E-state index contributed by atoms with van der Waals surface area (Å²) in [6.07, 6.45) is 4.13. The number of nitrogens with zero attached hydrogens (tertiary/aromatic N) is 2. The fourth-order valence-electron chi connectivity index (χ4n) is 4.43. The van der Waals surface area contributed by atoms with Crippen molar-refractivity contribution in [3.8, 4) is 0 Å². The van der Waals surface area contributed by atoms with Crippen molar-refractivity contribution in [1.82, 2.24) is 4.90 Å². The molecule has 1 unspecified atom stereocenters. The largest absolute Gasteiger partial charge is 0.445 e. The molecule has 2 aromatic carbocycles. The van der Waals surface area contributed by atoms with Gasteiger partial charge in [0.25, 0.3) is 0 Å². The molecule has 0 saturated carbocycles. The highest BCUT2D eigenvalue weighted by Gasteiger charge is 2.34. The maximum atomic E-state index is 13.0. The van der Waals surface area contributed by atoms with Crippen molar-refractivity contribution in [1.29, 1.82) is 0 Å². The molecule has 34 heavy (non-hydrogen) atoms. The monoisotopic (exact) mass is 464 g/mol. The molecular weight excluding hydrogens is 432 g/mol. The van der Waals surface area contributed by atoms with Gasteiger partial charge in [0.2, 0.25) is 0 Å². The maximum absolute atomic E-state index is 13.0. The van der Waals surface area contributed by atoms with Gasteiger partial charge in [0, 0.05) is 13.2 Å². The van der Waals surface area contributed by atoms with Crippen LogP contribution in [-0.2, 0) is 25.6 Å². The molecule has 0 spiro atoms. The lowest BCUT2D eigenvalue weighted by atomic mass is 9.93. The van der Waals surface area contributed by atoms with E-state index in [0.717, 1.165) is 43.4 Å². The van der Waals surface area contributed by atoms with Crippen molar-refractivity contribution >= 4 is 11.8 Å². The van der Waals surface area contributed by atoms with E-state index >= 15 is 0 Å². The van der Waals surface area contributed by atoms with Gasteiger partial charge in [0.05, 0.1) is 31.9 Å². The lowest BCUT2D eigenvalue weighted by Gasteiger charge is -2.39. The molecule has 2 heterocycles. The minimum absolute atomic E-state index is 0.0135. The Labute approximate surface area is 201 Å². The van der Waals surface area contributed by atoms with Crippen molar-refractivity contribution in [2.45, 2.75) is 57.1 Å². The zero-order valence-corrected chi connectivity index (χ0v) is 19.4. The molecule has 0 bridgehead atoms. The molecule has 2 aliphatic rings. The van der Waals surface area contributed by atoms with Gasteiger partial charge in [-0.2, -0.15) is 0 Å². The minimum Gasteiger partial charge on any atom is -0.445 e. The first-order chi connectivity index (χ1) is 16.7. The number of ether oxygens (including phenoxy) is 4. The Hall–Kier alpha value is -2.92. The zero-order valence-electron chi connectivity index (χ0n) is 19.4. The Morgan fingerprint density at radius 3 is 2.56 bits per heavy atom. The summed E-state index contributed by atoms with van der Waals surface area (Å²) >= 11 is 0. The second-order valence-corrected chi connectivity index (χ2v) is 8.64. The minimum atomic E-state index is -0.334. The molecule has 0 aromatic heterocycles. The Kier molecular flexibility index (Phi) is 8.91. The lowest BCUT2D eigenvalue weighted by Crippen LogP contribution is -2.43. The van der Waals surface area contributed by atoms with Crippen LogP contribution in [0.4, 0.5) is 10.5 Å². The standard InChI is InChI=1S/C27H32N2O5/c1-28-23-12-10-22(11-13-23)25-19-24(31-17-18-33-26-9-5-6-16-32-26)14-15-29(25)27(30)34-20-21-7-3-2-4-8-21/h2-4,7-8,10-13,24-26H,5-6,9,14-20H2/t24-,25-,26?/m0/s1. The highest BCUT2D eigenvalue weighted by molar-refractivity contribution is 5.68. The van der Waals surface area contributed by atoms with E-state index in [9.17, 15) is 4.79 Å². The SMILES string of the molecule is [C-]#[N+]c1ccc([C@@H]2C[C@@H](OCCOC3CCCCO3)CCN2C(=O)OCc2ccccc2)cc1. The third-order valence-corrected chi connectivity index (χ3v) is 6.28. The van der Waals surface area contributed by atoms with E-state index in [0.29, 0.717) is 31.9 Å². The number of amides is 1. The Morgan fingerprint density at radius 1 is 1.03 bits per heavy atom. The van der Waals surface area contributed by atoms with Gasteiger partial charge >= 0.3 is 6.09 Å². The lowest BCUT2D eigenvalue weighted by molar-refractivity contribution is -0.172. The van der Waals surface area contributed by atoms with Gasteiger partial charge < -0.3 is 23.8 Å². The molecule has 3 atom stereocenters. The fraction of sp³-hybridized carbons (Fsp3) is 0.481. The number of hydrogen-bond donors (Lipinski definition) is 0. The van der Waals surface area contributed by atoms with E-state index in [1.165, 1.54) is 0 Å². The van der Waals surface area contributed by atoms with E-state index in [2.05, 4.69) is 4.85 Å². The Balaban J connectivity index is 1.34. The molecular formula is C27H32N2O5. The average Bonchev–Trinajstić information content (AvgIpc) is 2.91. The third kappa shape index (κ3) is 6.80.